The fourth-order valence-corrected chi connectivity index (χ4v) is 4.46. The van der Waals surface area contributed by atoms with Gasteiger partial charge < -0.3 is 23.7 Å². The molecule has 2 aromatic carbocycles. The third-order valence-electron chi connectivity index (χ3n) is 5.91. The lowest BCUT2D eigenvalue weighted by Gasteiger charge is -2.39. The Hall–Kier alpha value is -3.22. The van der Waals surface area contributed by atoms with Crippen molar-refractivity contribution in [3.05, 3.63) is 53.1 Å². The van der Waals surface area contributed by atoms with E-state index in [1.165, 1.54) is 0 Å². The minimum atomic E-state index is -1.47. The molecule has 32 heavy (non-hydrogen) atoms. The Balaban J connectivity index is 2.26. The number of methoxy groups -OCH3 is 3. The van der Waals surface area contributed by atoms with Gasteiger partial charge in [-0.15, -0.1) is 0 Å². The van der Waals surface area contributed by atoms with Crippen LogP contribution in [0.25, 0.3) is 0 Å². The summed E-state index contributed by atoms with van der Waals surface area (Å²) in [5.41, 5.74) is 1.14. The standard InChI is InChI=1S/C25H30O7/c1-6-31-23(26)25(24(27)32-7-2)14-16-10-8-9-11-18(16)19(15-25)22-20(29-4)12-17(28-3)13-21(22)30-5/h8-13,19H,6-7,14-15H2,1-5H3. The van der Waals surface area contributed by atoms with E-state index < -0.39 is 17.4 Å². The van der Waals surface area contributed by atoms with E-state index in [1.807, 2.05) is 24.3 Å². The molecule has 7 nitrogen and oxygen atoms in total. The van der Waals surface area contributed by atoms with Crippen LogP contribution >= 0.6 is 0 Å². The fourth-order valence-electron chi connectivity index (χ4n) is 4.46. The number of hydrogen-bond acceptors (Lipinski definition) is 7. The Bertz CT molecular complexity index is 939. The van der Waals surface area contributed by atoms with Crippen LogP contribution in [-0.4, -0.2) is 46.5 Å². The molecule has 0 radical (unpaired) electrons. The van der Waals surface area contributed by atoms with E-state index in [0.717, 1.165) is 16.7 Å². The molecular formula is C25H30O7. The van der Waals surface area contributed by atoms with E-state index in [1.54, 1.807) is 47.3 Å². The zero-order chi connectivity index (χ0) is 23.3. The summed E-state index contributed by atoms with van der Waals surface area (Å²) in [7, 11) is 4.70. The van der Waals surface area contributed by atoms with E-state index in [4.69, 9.17) is 23.7 Å². The first-order chi connectivity index (χ1) is 15.4. The minimum absolute atomic E-state index is 0.167. The molecule has 0 aliphatic heterocycles. The van der Waals surface area contributed by atoms with Gasteiger partial charge in [0.25, 0.3) is 0 Å². The summed E-state index contributed by atoms with van der Waals surface area (Å²) in [4.78, 5) is 26.5. The van der Waals surface area contributed by atoms with Gasteiger partial charge in [-0.3, -0.25) is 9.59 Å². The van der Waals surface area contributed by atoms with Gasteiger partial charge >= 0.3 is 11.9 Å². The Morgan fingerprint density at radius 2 is 1.47 bits per heavy atom. The van der Waals surface area contributed by atoms with Crippen molar-refractivity contribution < 1.29 is 33.3 Å². The van der Waals surface area contributed by atoms with Gasteiger partial charge in [-0.1, -0.05) is 24.3 Å². The molecular weight excluding hydrogens is 412 g/mol. The molecule has 1 aliphatic carbocycles. The average Bonchev–Trinajstić information content (AvgIpc) is 2.82. The van der Waals surface area contributed by atoms with Crippen LogP contribution in [0.4, 0.5) is 0 Å². The Kier molecular flexibility index (Phi) is 7.28. The van der Waals surface area contributed by atoms with Crippen molar-refractivity contribution in [3.63, 3.8) is 0 Å². The number of rotatable bonds is 8. The number of esters is 2. The molecule has 3 rings (SSSR count). The molecule has 7 heteroatoms. The summed E-state index contributed by atoms with van der Waals surface area (Å²) < 4.78 is 27.5. The number of hydrogen-bond donors (Lipinski definition) is 0. The van der Waals surface area contributed by atoms with E-state index in [0.29, 0.717) is 17.2 Å². The molecule has 1 aliphatic rings. The van der Waals surface area contributed by atoms with Crippen LogP contribution in [0.1, 0.15) is 42.9 Å². The van der Waals surface area contributed by atoms with E-state index in [9.17, 15) is 9.59 Å². The van der Waals surface area contributed by atoms with Gasteiger partial charge in [0.1, 0.15) is 17.2 Å². The second-order valence-corrected chi connectivity index (χ2v) is 7.60. The zero-order valence-corrected chi connectivity index (χ0v) is 19.2. The molecule has 0 amide bonds. The lowest BCUT2D eigenvalue weighted by Crippen LogP contribution is -2.47. The van der Waals surface area contributed by atoms with E-state index in [-0.39, 0.29) is 32.0 Å². The second kappa shape index (κ2) is 9.94. The Labute approximate surface area is 188 Å². The maximum atomic E-state index is 13.2. The number of ether oxygens (including phenoxy) is 5. The maximum Gasteiger partial charge on any atom is 0.323 e. The van der Waals surface area contributed by atoms with Crippen LogP contribution in [0.3, 0.4) is 0 Å². The molecule has 0 saturated carbocycles. The predicted molar refractivity (Wildman–Crippen MR) is 118 cm³/mol. The van der Waals surface area contributed by atoms with Gasteiger partial charge in [0.2, 0.25) is 0 Å². The Morgan fingerprint density at radius 3 is 1.97 bits per heavy atom. The monoisotopic (exact) mass is 442 g/mol. The van der Waals surface area contributed by atoms with Gasteiger partial charge in [-0.25, -0.2) is 0 Å². The number of carbonyl (C=O) groups is 2. The van der Waals surface area contributed by atoms with Crippen LogP contribution in [-0.2, 0) is 25.5 Å². The molecule has 0 spiro atoms. The average molecular weight is 443 g/mol. The summed E-state index contributed by atoms with van der Waals surface area (Å²) in [6.45, 7) is 3.78. The van der Waals surface area contributed by atoms with Crippen molar-refractivity contribution in [3.8, 4) is 17.2 Å². The highest BCUT2D eigenvalue weighted by molar-refractivity contribution is 6.01. The summed E-state index contributed by atoms with van der Waals surface area (Å²) in [6, 6.07) is 11.3. The molecule has 0 bridgehead atoms. The second-order valence-electron chi connectivity index (χ2n) is 7.60. The van der Waals surface area contributed by atoms with Gasteiger partial charge in [0.05, 0.1) is 34.5 Å². The van der Waals surface area contributed by atoms with Crippen LogP contribution in [0.15, 0.2) is 36.4 Å². The van der Waals surface area contributed by atoms with Crippen molar-refractivity contribution in [2.24, 2.45) is 5.41 Å². The third kappa shape index (κ3) is 4.11. The van der Waals surface area contributed by atoms with Crippen molar-refractivity contribution in [1.82, 2.24) is 0 Å². The highest BCUT2D eigenvalue weighted by Crippen LogP contribution is 2.52. The summed E-state index contributed by atoms with van der Waals surface area (Å²) in [6.07, 6.45) is 0.374. The highest BCUT2D eigenvalue weighted by Gasteiger charge is 2.54. The lowest BCUT2D eigenvalue weighted by atomic mass is 9.65. The Morgan fingerprint density at radius 1 is 0.906 bits per heavy atom. The molecule has 0 fully saturated rings. The maximum absolute atomic E-state index is 13.2. The number of benzene rings is 2. The molecule has 2 aromatic rings. The highest BCUT2D eigenvalue weighted by atomic mass is 16.6. The first-order valence-electron chi connectivity index (χ1n) is 10.7. The van der Waals surface area contributed by atoms with Crippen LogP contribution < -0.4 is 14.2 Å². The largest absolute Gasteiger partial charge is 0.496 e. The van der Waals surface area contributed by atoms with Gasteiger partial charge in [-0.05, 0) is 37.8 Å². The third-order valence-corrected chi connectivity index (χ3v) is 5.91. The van der Waals surface area contributed by atoms with Crippen molar-refractivity contribution in [2.45, 2.75) is 32.6 Å². The smallest absolute Gasteiger partial charge is 0.323 e. The van der Waals surface area contributed by atoms with Crippen LogP contribution in [0.5, 0.6) is 17.2 Å². The van der Waals surface area contributed by atoms with E-state index >= 15 is 0 Å². The molecule has 0 saturated heterocycles. The fraction of sp³-hybridized carbons (Fsp3) is 0.440. The molecule has 172 valence electrons. The van der Waals surface area contributed by atoms with Gasteiger partial charge in [0, 0.05) is 23.6 Å². The topological polar surface area (TPSA) is 80.3 Å². The zero-order valence-electron chi connectivity index (χ0n) is 19.2. The van der Waals surface area contributed by atoms with E-state index in [2.05, 4.69) is 0 Å². The number of carbonyl (C=O) groups excluding carboxylic acids is 2. The molecule has 0 aromatic heterocycles. The van der Waals surface area contributed by atoms with Crippen LogP contribution in [0.2, 0.25) is 0 Å². The van der Waals surface area contributed by atoms with Crippen molar-refractivity contribution in [1.29, 1.82) is 0 Å². The summed E-state index contributed by atoms with van der Waals surface area (Å²) >= 11 is 0. The van der Waals surface area contributed by atoms with Gasteiger partial charge in [0.15, 0.2) is 5.41 Å². The molecule has 1 atom stereocenters. The predicted octanol–water partition coefficient (Wildman–Crippen LogP) is 3.90. The summed E-state index contributed by atoms with van der Waals surface area (Å²) in [5.74, 6) is 0.140. The van der Waals surface area contributed by atoms with Gasteiger partial charge in [-0.2, -0.15) is 0 Å². The summed E-state index contributed by atoms with van der Waals surface area (Å²) in [5, 5.41) is 0. The first-order valence-corrected chi connectivity index (χ1v) is 10.7. The van der Waals surface area contributed by atoms with Crippen molar-refractivity contribution >= 4 is 11.9 Å². The van der Waals surface area contributed by atoms with Crippen molar-refractivity contribution in [2.75, 3.05) is 34.5 Å². The molecule has 0 N–H and O–H groups in total. The minimum Gasteiger partial charge on any atom is -0.496 e. The normalized spacial score (nSPS) is 16.5. The molecule has 0 heterocycles. The quantitative estimate of drug-likeness (QED) is 0.453. The first kappa shape index (κ1) is 23.4. The SMILES string of the molecule is CCOC(=O)C1(C(=O)OCC)Cc2ccccc2C(c2c(OC)cc(OC)cc2OC)C1. The number of fused-ring (bicyclic) bond motifs is 1. The van der Waals surface area contributed by atoms with Crippen LogP contribution in [0, 0.1) is 5.41 Å². The lowest BCUT2D eigenvalue weighted by molar-refractivity contribution is -0.173. The molecule has 1 unspecified atom stereocenters.